The van der Waals surface area contributed by atoms with Crippen LogP contribution < -0.4 is 10.6 Å². The molecule has 0 aliphatic carbocycles. The molecule has 0 spiro atoms. The summed E-state index contributed by atoms with van der Waals surface area (Å²) < 4.78 is 10.5. The third-order valence-corrected chi connectivity index (χ3v) is 4.17. The van der Waals surface area contributed by atoms with E-state index in [9.17, 15) is 9.59 Å². The van der Waals surface area contributed by atoms with Crippen LogP contribution in [0.25, 0.3) is 0 Å². The van der Waals surface area contributed by atoms with Crippen molar-refractivity contribution in [3.8, 4) is 0 Å². The molecule has 3 rings (SSSR count). The van der Waals surface area contributed by atoms with Gasteiger partial charge in [0.1, 0.15) is 19.3 Å². The van der Waals surface area contributed by atoms with Crippen molar-refractivity contribution in [2.75, 3.05) is 6.54 Å². The number of hydrogen-bond acceptors (Lipinski definition) is 5. The summed E-state index contributed by atoms with van der Waals surface area (Å²) >= 11 is 0. The molecule has 2 aromatic rings. The number of esters is 1. The molecule has 1 saturated heterocycles. The Morgan fingerprint density at radius 3 is 2.07 bits per heavy atom. The van der Waals surface area contributed by atoms with Crippen molar-refractivity contribution in [1.82, 2.24) is 10.6 Å². The number of amides is 1. The number of halogens is 1. The molecule has 0 bridgehead atoms. The molecule has 144 valence electrons. The highest BCUT2D eigenvalue weighted by Crippen LogP contribution is 2.11. The third-order valence-electron chi connectivity index (χ3n) is 4.17. The van der Waals surface area contributed by atoms with Gasteiger partial charge in [-0.15, -0.1) is 12.4 Å². The van der Waals surface area contributed by atoms with E-state index in [-0.39, 0.29) is 37.6 Å². The third kappa shape index (κ3) is 6.58. The summed E-state index contributed by atoms with van der Waals surface area (Å²) in [5, 5.41) is 5.85. The Balaban J connectivity index is 0.00000261. The molecule has 6 nitrogen and oxygen atoms in total. The van der Waals surface area contributed by atoms with Crippen LogP contribution in [-0.2, 0) is 27.5 Å². The van der Waals surface area contributed by atoms with Crippen molar-refractivity contribution < 1.29 is 19.1 Å². The minimum atomic E-state index is -0.487. The summed E-state index contributed by atoms with van der Waals surface area (Å²) in [6.07, 6.45) is -0.00686. The number of hydrogen-bond donors (Lipinski definition) is 2. The van der Waals surface area contributed by atoms with Crippen molar-refractivity contribution in [1.29, 1.82) is 0 Å². The summed E-state index contributed by atoms with van der Waals surface area (Å²) in [7, 11) is 0. The van der Waals surface area contributed by atoms with Crippen LogP contribution in [0.4, 0.5) is 4.79 Å². The highest BCUT2D eigenvalue weighted by atomic mass is 35.5. The monoisotopic (exact) mass is 390 g/mol. The van der Waals surface area contributed by atoms with Gasteiger partial charge in [0.2, 0.25) is 0 Å². The first-order valence-electron chi connectivity index (χ1n) is 8.62. The van der Waals surface area contributed by atoms with Crippen LogP contribution in [0.1, 0.15) is 17.5 Å². The molecule has 27 heavy (non-hydrogen) atoms. The second-order valence-electron chi connectivity index (χ2n) is 6.19. The van der Waals surface area contributed by atoms with Gasteiger partial charge < -0.3 is 20.1 Å². The molecule has 7 heteroatoms. The smallest absolute Gasteiger partial charge is 0.407 e. The molecular formula is C20H23ClN2O4. The maximum absolute atomic E-state index is 12.1. The standard InChI is InChI=1S/C20H22N2O4.ClH/c23-19(25-13-15-7-3-1-4-8-15)18-11-17(12-21-18)22-20(24)26-14-16-9-5-2-6-10-16;/h1-10,17-18,21H,11-14H2,(H,22,24);1H/t17-,18+;/m0./s1. The van der Waals surface area contributed by atoms with E-state index in [0.717, 1.165) is 11.1 Å². The zero-order valence-electron chi connectivity index (χ0n) is 14.8. The van der Waals surface area contributed by atoms with Crippen LogP contribution in [0.2, 0.25) is 0 Å². The Bertz CT molecular complexity index is 727. The van der Waals surface area contributed by atoms with Gasteiger partial charge in [-0.2, -0.15) is 0 Å². The van der Waals surface area contributed by atoms with Gasteiger partial charge in [-0.1, -0.05) is 60.7 Å². The van der Waals surface area contributed by atoms with E-state index in [1.54, 1.807) is 0 Å². The Hall–Kier alpha value is -2.57. The first kappa shape index (κ1) is 20.7. The number of ether oxygens (including phenoxy) is 2. The Morgan fingerprint density at radius 1 is 0.926 bits per heavy atom. The SMILES string of the molecule is Cl.O=C(N[C@@H]1CN[C@@H](C(=O)OCc2ccccc2)C1)OCc1ccccc1. The lowest BCUT2D eigenvalue weighted by molar-refractivity contribution is -0.147. The minimum Gasteiger partial charge on any atom is -0.460 e. The number of alkyl carbamates (subject to hydrolysis) is 1. The van der Waals surface area contributed by atoms with E-state index in [1.165, 1.54) is 0 Å². The van der Waals surface area contributed by atoms with E-state index in [0.29, 0.717) is 13.0 Å². The van der Waals surface area contributed by atoms with E-state index in [1.807, 2.05) is 60.7 Å². The van der Waals surface area contributed by atoms with Crippen molar-refractivity contribution in [2.24, 2.45) is 0 Å². The fraction of sp³-hybridized carbons (Fsp3) is 0.300. The molecule has 1 aliphatic rings. The zero-order chi connectivity index (χ0) is 18.2. The second kappa shape index (κ2) is 10.5. The van der Waals surface area contributed by atoms with E-state index in [2.05, 4.69) is 10.6 Å². The molecule has 0 saturated carbocycles. The highest BCUT2D eigenvalue weighted by Gasteiger charge is 2.31. The number of benzene rings is 2. The van der Waals surface area contributed by atoms with Gasteiger partial charge in [0.25, 0.3) is 0 Å². The Labute approximate surface area is 164 Å². The van der Waals surface area contributed by atoms with Gasteiger partial charge in [0, 0.05) is 12.6 Å². The topological polar surface area (TPSA) is 76.7 Å². The molecule has 1 heterocycles. The zero-order valence-corrected chi connectivity index (χ0v) is 15.6. The molecule has 2 aromatic carbocycles. The molecule has 0 aromatic heterocycles. The quantitative estimate of drug-likeness (QED) is 0.742. The Kier molecular flexibility index (Phi) is 8.10. The van der Waals surface area contributed by atoms with Crippen LogP contribution in [0.15, 0.2) is 60.7 Å². The fourth-order valence-corrected chi connectivity index (χ4v) is 2.79. The van der Waals surface area contributed by atoms with Gasteiger partial charge in [-0.25, -0.2) is 4.79 Å². The lowest BCUT2D eigenvalue weighted by Crippen LogP contribution is -2.36. The predicted octanol–water partition coefficient (Wildman–Crippen LogP) is 2.81. The molecular weight excluding hydrogens is 368 g/mol. The molecule has 0 unspecified atom stereocenters. The summed E-state index contributed by atoms with van der Waals surface area (Å²) in [5.74, 6) is -0.309. The summed E-state index contributed by atoms with van der Waals surface area (Å²) in [6, 6.07) is 18.4. The summed E-state index contributed by atoms with van der Waals surface area (Å²) in [4.78, 5) is 24.0. The maximum Gasteiger partial charge on any atom is 0.407 e. The number of carbonyl (C=O) groups excluding carboxylic acids is 2. The summed E-state index contributed by atoms with van der Waals surface area (Å²) in [6.45, 7) is 0.968. The largest absolute Gasteiger partial charge is 0.460 e. The van der Waals surface area contributed by atoms with Crippen LogP contribution in [-0.4, -0.2) is 30.7 Å². The molecule has 0 radical (unpaired) electrons. The van der Waals surface area contributed by atoms with Gasteiger partial charge in [0.15, 0.2) is 0 Å². The first-order valence-corrected chi connectivity index (χ1v) is 8.62. The molecule has 1 aliphatic heterocycles. The number of carbonyl (C=O) groups is 2. The molecule has 1 fully saturated rings. The van der Waals surface area contributed by atoms with Gasteiger partial charge in [0.05, 0.1) is 0 Å². The minimum absolute atomic E-state index is 0. The predicted molar refractivity (Wildman–Crippen MR) is 103 cm³/mol. The van der Waals surface area contributed by atoms with Gasteiger partial charge >= 0.3 is 12.1 Å². The second-order valence-corrected chi connectivity index (χ2v) is 6.19. The average molecular weight is 391 g/mol. The Morgan fingerprint density at radius 2 is 1.48 bits per heavy atom. The van der Waals surface area contributed by atoms with Crippen molar-refractivity contribution in [2.45, 2.75) is 31.7 Å². The van der Waals surface area contributed by atoms with Crippen LogP contribution in [0, 0.1) is 0 Å². The molecule has 1 amide bonds. The average Bonchev–Trinajstić information content (AvgIpc) is 3.14. The lowest BCUT2D eigenvalue weighted by atomic mass is 10.2. The number of nitrogens with one attached hydrogen (secondary N) is 2. The maximum atomic E-state index is 12.1. The van der Waals surface area contributed by atoms with E-state index >= 15 is 0 Å². The van der Waals surface area contributed by atoms with Crippen molar-refractivity contribution in [3.63, 3.8) is 0 Å². The fourth-order valence-electron chi connectivity index (χ4n) is 2.79. The van der Waals surface area contributed by atoms with Gasteiger partial charge in [-0.3, -0.25) is 4.79 Å². The van der Waals surface area contributed by atoms with Crippen LogP contribution in [0.3, 0.4) is 0 Å². The first-order chi connectivity index (χ1) is 12.7. The van der Waals surface area contributed by atoms with E-state index < -0.39 is 12.1 Å². The number of rotatable bonds is 6. The molecule has 2 atom stereocenters. The normalized spacial score (nSPS) is 18.2. The van der Waals surface area contributed by atoms with Gasteiger partial charge in [-0.05, 0) is 17.5 Å². The highest BCUT2D eigenvalue weighted by molar-refractivity contribution is 5.85. The van der Waals surface area contributed by atoms with Crippen molar-refractivity contribution >= 4 is 24.5 Å². The van der Waals surface area contributed by atoms with Crippen LogP contribution >= 0.6 is 12.4 Å². The lowest BCUT2D eigenvalue weighted by Gasteiger charge is -2.13. The molecule has 2 N–H and O–H groups in total. The van der Waals surface area contributed by atoms with Crippen LogP contribution in [0.5, 0.6) is 0 Å². The summed E-state index contributed by atoms with van der Waals surface area (Å²) in [5.41, 5.74) is 1.87. The van der Waals surface area contributed by atoms with E-state index in [4.69, 9.17) is 9.47 Å². The van der Waals surface area contributed by atoms with Crippen molar-refractivity contribution in [3.05, 3.63) is 71.8 Å².